The van der Waals surface area contributed by atoms with Gasteiger partial charge in [0.1, 0.15) is 11.9 Å². The number of rotatable bonds is 3. The van der Waals surface area contributed by atoms with Crippen LogP contribution in [-0.4, -0.2) is 21.6 Å². The Morgan fingerprint density at radius 1 is 1.21 bits per heavy atom. The molecule has 102 valence electrons. The molecule has 0 fully saturated rings. The van der Waals surface area contributed by atoms with Crippen LogP contribution in [0.15, 0.2) is 12.1 Å². The van der Waals surface area contributed by atoms with Gasteiger partial charge in [-0.05, 0) is 38.8 Å². The van der Waals surface area contributed by atoms with E-state index in [-0.39, 0.29) is 6.54 Å². The van der Waals surface area contributed by atoms with Crippen molar-refractivity contribution in [2.75, 3.05) is 6.54 Å². The molecule has 1 unspecified atom stereocenters. The van der Waals surface area contributed by atoms with Gasteiger partial charge >= 0.3 is 0 Å². The van der Waals surface area contributed by atoms with Gasteiger partial charge in [-0.2, -0.15) is 0 Å². The second kappa shape index (κ2) is 5.15. The molecule has 2 rings (SSSR count). The van der Waals surface area contributed by atoms with Gasteiger partial charge in [-0.1, -0.05) is 17.7 Å². The molecular formula is C15H21N3O. The summed E-state index contributed by atoms with van der Waals surface area (Å²) in [4.78, 5) is 7.64. The van der Waals surface area contributed by atoms with Crippen LogP contribution in [0, 0.1) is 27.7 Å². The second-order valence-electron chi connectivity index (χ2n) is 5.12. The number of hydrogen-bond donors (Lipinski definition) is 3. The zero-order valence-electron chi connectivity index (χ0n) is 11.9. The highest BCUT2D eigenvalue weighted by Crippen LogP contribution is 2.30. The normalized spacial score (nSPS) is 12.7. The number of benzene rings is 1. The van der Waals surface area contributed by atoms with Crippen LogP contribution in [0.4, 0.5) is 0 Å². The predicted octanol–water partition coefficient (Wildman–Crippen LogP) is 2.30. The van der Waals surface area contributed by atoms with Gasteiger partial charge in [0.05, 0.1) is 5.69 Å². The molecule has 0 aliphatic rings. The number of nitrogens with one attached hydrogen (secondary N) is 1. The summed E-state index contributed by atoms with van der Waals surface area (Å²) >= 11 is 0. The van der Waals surface area contributed by atoms with Gasteiger partial charge in [0.15, 0.2) is 0 Å². The Morgan fingerprint density at radius 3 is 2.32 bits per heavy atom. The van der Waals surface area contributed by atoms with Gasteiger partial charge in [-0.25, -0.2) is 4.98 Å². The van der Waals surface area contributed by atoms with Crippen LogP contribution in [0.1, 0.15) is 34.3 Å². The number of aliphatic hydroxyl groups is 1. The maximum atomic E-state index is 9.78. The largest absolute Gasteiger partial charge is 0.384 e. The molecule has 2 aromatic rings. The SMILES string of the molecule is Cc1cc(C)c(-c2nc(C(O)CN)[nH]c2C)c(C)c1. The van der Waals surface area contributed by atoms with Crippen molar-refractivity contribution in [3.8, 4) is 11.3 Å². The number of hydrogen-bond acceptors (Lipinski definition) is 3. The van der Waals surface area contributed by atoms with Crippen molar-refractivity contribution in [3.05, 3.63) is 40.3 Å². The number of nitrogens with zero attached hydrogens (tertiary/aromatic N) is 1. The van der Waals surface area contributed by atoms with E-state index in [1.165, 1.54) is 16.7 Å². The van der Waals surface area contributed by atoms with E-state index in [0.29, 0.717) is 5.82 Å². The summed E-state index contributed by atoms with van der Waals surface area (Å²) < 4.78 is 0. The van der Waals surface area contributed by atoms with Crippen molar-refractivity contribution in [2.45, 2.75) is 33.8 Å². The minimum atomic E-state index is -0.737. The lowest BCUT2D eigenvalue weighted by Gasteiger charge is -2.10. The number of H-pyrrole nitrogens is 1. The summed E-state index contributed by atoms with van der Waals surface area (Å²) in [6.45, 7) is 8.39. The minimum Gasteiger partial charge on any atom is -0.384 e. The van der Waals surface area contributed by atoms with E-state index in [9.17, 15) is 5.11 Å². The fraction of sp³-hybridized carbons (Fsp3) is 0.400. The summed E-state index contributed by atoms with van der Waals surface area (Å²) in [7, 11) is 0. The predicted molar refractivity (Wildman–Crippen MR) is 77.0 cm³/mol. The first-order valence-electron chi connectivity index (χ1n) is 6.47. The van der Waals surface area contributed by atoms with Crippen LogP contribution in [0.2, 0.25) is 0 Å². The van der Waals surface area contributed by atoms with E-state index in [4.69, 9.17) is 5.73 Å². The average Bonchev–Trinajstić information content (AvgIpc) is 2.69. The first-order valence-corrected chi connectivity index (χ1v) is 6.47. The third-order valence-electron chi connectivity index (χ3n) is 3.36. The first kappa shape index (κ1) is 13.8. The molecule has 1 aromatic carbocycles. The molecule has 0 bridgehead atoms. The number of aryl methyl sites for hydroxylation is 4. The Hall–Kier alpha value is -1.65. The maximum absolute atomic E-state index is 9.78. The zero-order valence-corrected chi connectivity index (χ0v) is 11.9. The van der Waals surface area contributed by atoms with Gasteiger partial charge in [0.2, 0.25) is 0 Å². The Morgan fingerprint density at radius 2 is 1.79 bits per heavy atom. The standard InChI is InChI=1S/C15H21N3O/c1-8-5-9(2)13(10(3)6-8)14-11(4)17-15(18-14)12(19)7-16/h5-6,12,19H,7,16H2,1-4H3,(H,17,18). The van der Waals surface area contributed by atoms with Crippen molar-refractivity contribution in [2.24, 2.45) is 5.73 Å². The van der Waals surface area contributed by atoms with Gasteiger partial charge < -0.3 is 15.8 Å². The van der Waals surface area contributed by atoms with Crippen LogP contribution in [0.25, 0.3) is 11.3 Å². The summed E-state index contributed by atoms with van der Waals surface area (Å²) in [6, 6.07) is 4.30. The zero-order chi connectivity index (χ0) is 14.2. The molecule has 0 amide bonds. The fourth-order valence-electron chi connectivity index (χ4n) is 2.55. The monoisotopic (exact) mass is 259 g/mol. The molecule has 0 saturated heterocycles. The quantitative estimate of drug-likeness (QED) is 0.791. The molecule has 1 aromatic heterocycles. The van der Waals surface area contributed by atoms with E-state index >= 15 is 0 Å². The van der Waals surface area contributed by atoms with Crippen LogP contribution >= 0.6 is 0 Å². The maximum Gasteiger partial charge on any atom is 0.137 e. The molecule has 0 aliphatic heterocycles. The number of aromatic amines is 1. The topological polar surface area (TPSA) is 74.9 Å². The lowest BCUT2D eigenvalue weighted by Crippen LogP contribution is -2.12. The van der Waals surface area contributed by atoms with E-state index < -0.39 is 6.10 Å². The lowest BCUT2D eigenvalue weighted by molar-refractivity contribution is 0.177. The Bertz CT molecular complexity index is 578. The fourth-order valence-corrected chi connectivity index (χ4v) is 2.55. The lowest BCUT2D eigenvalue weighted by atomic mass is 9.96. The number of aromatic nitrogens is 2. The molecule has 0 spiro atoms. The van der Waals surface area contributed by atoms with Crippen LogP contribution < -0.4 is 5.73 Å². The molecule has 4 N–H and O–H groups in total. The molecule has 19 heavy (non-hydrogen) atoms. The summed E-state index contributed by atoms with van der Waals surface area (Å²) in [5.41, 5.74) is 12.1. The third-order valence-corrected chi connectivity index (χ3v) is 3.36. The highest BCUT2D eigenvalue weighted by Gasteiger charge is 2.17. The van der Waals surface area contributed by atoms with Crippen LogP contribution in [0.5, 0.6) is 0 Å². The van der Waals surface area contributed by atoms with Gasteiger partial charge in [-0.3, -0.25) is 0 Å². The Balaban J connectivity index is 2.57. The highest BCUT2D eigenvalue weighted by molar-refractivity contribution is 5.70. The number of aliphatic hydroxyl groups excluding tert-OH is 1. The third kappa shape index (κ3) is 2.55. The van der Waals surface area contributed by atoms with E-state index in [0.717, 1.165) is 17.0 Å². The Kier molecular flexibility index (Phi) is 3.73. The smallest absolute Gasteiger partial charge is 0.137 e. The Labute approximate surface area is 113 Å². The summed E-state index contributed by atoms with van der Waals surface area (Å²) in [5.74, 6) is 0.536. The van der Waals surface area contributed by atoms with Crippen molar-refractivity contribution >= 4 is 0 Å². The van der Waals surface area contributed by atoms with Crippen molar-refractivity contribution in [3.63, 3.8) is 0 Å². The van der Waals surface area contributed by atoms with E-state index in [1.807, 2.05) is 6.92 Å². The number of imidazole rings is 1. The number of nitrogens with two attached hydrogens (primary N) is 1. The molecule has 1 heterocycles. The van der Waals surface area contributed by atoms with Gasteiger partial charge in [0.25, 0.3) is 0 Å². The van der Waals surface area contributed by atoms with Crippen molar-refractivity contribution in [1.82, 2.24) is 9.97 Å². The van der Waals surface area contributed by atoms with Crippen LogP contribution in [-0.2, 0) is 0 Å². The first-order chi connectivity index (χ1) is 8.93. The molecular weight excluding hydrogens is 238 g/mol. The van der Waals surface area contributed by atoms with E-state index in [1.54, 1.807) is 0 Å². The summed E-state index contributed by atoms with van der Waals surface area (Å²) in [5, 5.41) is 9.78. The van der Waals surface area contributed by atoms with Crippen molar-refractivity contribution in [1.29, 1.82) is 0 Å². The minimum absolute atomic E-state index is 0.165. The molecule has 0 saturated carbocycles. The van der Waals surface area contributed by atoms with Crippen LogP contribution in [0.3, 0.4) is 0 Å². The molecule has 4 heteroatoms. The molecule has 0 aliphatic carbocycles. The van der Waals surface area contributed by atoms with Gasteiger partial charge in [-0.15, -0.1) is 0 Å². The molecule has 4 nitrogen and oxygen atoms in total. The second-order valence-corrected chi connectivity index (χ2v) is 5.12. The van der Waals surface area contributed by atoms with E-state index in [2.05, 4.69) is 42.9 Å². The average molecular weight is 259 g/mol. The molecule has 1 atom stereocenters. The van der Waals surface area contributed by atoms with Crippen molar-refractivity contribution < 1.29 is 5.11 Å². The summed E-state index contributed by atoms with van der Waals surface area (Å²) in [6.07, 6.45) is -0.737. The molecule has 0 radical (unpaired) electrons. The highest BCUT2D eigenvalue weighted by atomic mass is 16.3. The van der Waals surface area contributed by atoms with Gasteiger partial charge in [0, 0.05) is 17.8 Å².